The Labute approximate surface area is 101 Å². The van der Waals surface area contributed by atoms with Gasteiger partial charge in [-0.15, -0.1) is 0 Å². The van der Waals surface area contributed by atoms with Crippen LogP contribution >= 0.6 is 0 Å². The molecule has 0 aliphatic heterocycles. The molecule has 0 radical (unpaired) electrons. The van der Waals surface area contributed by atoms with Gasteiger partial charge in [0.15, 0.2) is 0 Å². The van der Waals surface area contributed by atoms with Crippen molar-refractivity contribution in [2.75, 3.05) is 6.61 Å². The van der Waals surface area contributed by atoms with E-state index in [2.05, 4.69) is 27.7 Å². The Hall–Kier alpha value is -0.0800. The molecule has 0 aromatic carbocycles. The summed E-state index contributed by atoms with van der Waals surface area (Å²) < 4.78 is 6.05. The Morgan fingerprint density at radius 2 is 2.00 bits per heavy atom. The highest BCUT2D eigenvalue weighted by molar-refractivity contribution is 4.81. The lowest BCUT2D eigenvalue weighted by molar-refractivity contribution is -0.0430. The molecule has 0 aromatic heterocycles. The quantitative estimate of drug-likeness (QED) is 0.783. The monoisotopic (exact) mass is 227 g/mol. The standard InChI is InChI=1S/C14H29NO/c1-5-12(15)9-16-14-8-11(4)6-7-13(14)10(2)3/h10-14H,5-9,15H2,1-4H3. The van der Waals surface area contributed by atoms with Crippen LogP contribution in [0.2, 0.25) is 0 Å². The molecule has 1 rings (SSSR count). The summed E-state index contributed by atoms with van der Waals surface area (Å²) in [6.45, 7) is 9.83. The van der Waals surface area contributed by atoms with Crippen molar-refractivity contribution >= 4 is 0 Å². The molecule has 4 unspecified atom stereocenters. The lowest BCUT2D eigenvalue weighted by Gasteiger charge is -2.37. The van der Waals surface area contributed by atoms with Crippen molar-refractivity contribution in [3.05, 3.63) is 0 Å². The van der Waals surface area contributed by atoms with E-state index < -0.39 is 0 Å². The molecule has 1 aliphatic rings. The molecule has 0 aromatic rings. The largest absolute Gasteiger partial charge is 0.376 e. The van der Waals surface area contributed by atoms with Crippen LogP contribution in [-0.2, 0) is 4.74 Å². The third kappa shape index (κ3) is 4.06. The van der Waals surface area contributed by atoms with Gasteiger partial charge in [0.25, 0.3) is 0 Å². The summed E-state index contributed by atoms with van der Waals surface area (Å²) in [6.07, 6.45) is 5.36. The van der Waals surface area contributed by atoms with Gasteiger partial charge in [-0.2, -0.15) is 0 Å². The van der Waals surface area contributed by atoms with E-state index in [0.717, 1.165) is 30.8 Å². The Morgan fingerprint density at radius 1 is 1.31 bits per heavy atom. The second kappa shape index (κ2) is 6.61. The molecule has 2 N–H and O–H groups in total. The average molecular weight is 227 g/mol. The van der Waals surface area contributed by atoms with Crippen molar-refractivity contribution in [2.24, 2.45) is 23.5 Å². The average Bonchev–Trinajstić information content (AvgIpc) is 2.25. The number of hydrogen-bond donors (Lipinski definition) is 1. The predicted molar refractivity (Wildman–Crippen MR) is 69.3 cm³/mol. The first-order chi connectivity index (χ1) is 7.54. The van der Waals surface area contributed by atoms with Gasteiger partial charge in [-0.1, -0.05) is 34.1 Å². The van der Waals surface area contributed by atoms with E-state index in [1.54, 1.807) is 0 Å². The van der Waals surface area contributed by atoms with Gasteiger partial charge in [-0.05, 0) is 37.0 Å². The molecule has 0 amide bonds. The molecule has 0 saturated heterocycles. The molecule has 4 atom stereocenters. The molecule has 0 bridgehead atoms. The molecule has 2 heteroatoms. The maximum atomic E-state index is 6.05. The van der Waals surface area contributed by atoms with Crippen LogP contribution in [0, 0.1) is 17.8 Å². The molecule has 1 saturated carbocycles. The first kappa shape index (κ1) is 14.0. The van der Waals surface area contributed by atoms with Gasteiger partial charge in [0.05, 0.1) is 12.7 Å². The van der Waals surface area contributed by atoms with E-state index >= 15 is 0 Å². The summed E-state index contributed by atoms with van der Waals surface area (Å²) in [4.78, 5) is 0. The smallest absolute Gasteiger partial charge is 0.0621 e. The number of rotatable bonds is 5. The maximum Gasteiger partial charge on any atom is 0.0621 e. The van der Waals surface area contributed by atoms with Gasteiger partial charge in [0.1, 0.15) is 0 Å². The first-order valence-corrected chi connectivity index (χ1v) is 6.91. The molecular weight excluding hydrogens is 198 g/mol. The van der Waals surface area contributed by atoms with Crippen molar-refractivity contribution in [3.8, 4) is 0 Å². The summed E-state index contributed by atoms with van der Waals surface area (Å²) in [5.74, 6) is 2.29. The van der Waals surface area contributed by atoms with Crippen LogP contribution in [0.15, 0.2) is 0 Å². The van der Waals surface area contributed by atoms with Crippen LogP contribution in [0.5, 0.6) is 0 Å². The number of nitrogens with two attached hydrogens (primary N) is 1. The van der Waals surface area contributed by atoms with E-state index in [-0.39, 0.29) is 6.04 Å². The zero-order valence-corrected chi connectivity index (χ0v) is 11.4. The SMILES string of the molecule is CCC(N)COC1CC(C)CCC1C(C)C. The van der Waals surface area contributed by atoms with Crippen LogP contribution in [0.25, 0.3) is 0 Å². The summed E-state index contributed by atoms with van der Waals surface area (Å²) in [6, 6.07) is 0.213. The van der Waals surface area contributed by atoms with Crippen LogP contribution in [0.3, 0.4) is 0 Å². The lowest BCUT2D eigenvalue weighted by Crippen LogP contribution is -2.37. The maximum absolute atomic E-state index is 6.05. The summed E-state index contributed by atoms with van der Waals surface area (Å²) >= 11 is 0. The van der Waals surface area contributed by atoms with Crippen molar-refractivity contribution in [2.45, 2.75) is 65.5 Å². The molecule has 16 heavy (non-hydrogen) atoms. The Morgan fingerprint density at radius 3 is 2.56 bits per heavy atom. The van der Waals surface area contributed by atoms with Crippen molar-refractivity contribution in [1.82, 2.24) is 0 Å². The highest BCUT2D eigenvalue weighted by Gasteiger charge is 2.31. The minimum atomic E-state index is 0.213. The van der Waals surface area contributed by atoms with E-state index in [0.29, 0.717) is 6.10 Å². The van der Waals surface area contributed by atoms with E-state index in [1.807, 2.05) is 0 Å². The lowest BCUT2D eigenvalue weighted by atomic mass is 9.75. The second-order valence-corrected chi connectivity index (χ2v) is 5.87. The van der Waals surface area contributed by atoms with E-state index in [9.17, 15) is 0 Å². The Balaban J connectivity index is 2.44. The van der Waals surface area contributed by atoms with Crippen molar-refractivity contribution in [1.29, 1.82) is 0 Å². The fourth-order valence-corrected chi connectivity index (χ4v) is 2.67. The van der Waals surface area contributed by atoms with Gasteiger partial charge < -0.3 is 10.5 Å². The predicted octanol–water partition coefficient (Wildman–Crippen LogP) is 3.20. The minimum absolute atomic E-state index is 0.213. The van der Waals surface area contributed by atoms with Gasteiger partial charge >= 0.3 is 0 Å². The third-order valence-electron chi connectivity index (χ3n) is 4.01. The van der Waals surface area contributed by atoms with E-state index in [1.165, 1.54) is 19.3 Å². The van der Waals surface area contributed by atoms with Crippen LogP contribution in [0.1, 0.15) is 53.4 Å². The van der Waals surface area contributed by atoms with Gasteiger partial charge in [0, 0.05) is 6.04 Å². The highest BCUT2D eigenvalue weighted by atomic mass is 16.5. The van der Waals surface area contributed by atoms with Crippen LogP contribution < -0.4 is 5.73 Å². The topological polar surface area (TPSA) is 35.2 Å². The summed E-state index contributed by atoms with van der Waals surface area (Å²) in [5, 5.41) is 0. The number of ether oxygens (including phenoxy) is 1. The molecule has 1 aliphatic carbocycles. The molecular formula is C14H29NO. The van der Waals surface area contributed by atoms with Crippen molar-refractivity contribution < 1.29 is 4.74 Å². The normalized spacial score (nSPS) is 33.0. The third-order valence-corrected chi connectivity index (χ3v) is 4.01. The van der Waals surface area contributed by atoms with Crippen molar-refractivity contribution in [3.63, 3.8) is 0 Å². The zero-order chi connectivity index (χ0) is 12.1. The summed E-state index contributed by atoms with van der Waals surface area (Å²) in [5.41, 5.74) is 5.92. The highest BCUT2D eigenvalue weighted by Crippen LogP contribution is 2.35. The first-order valence-electron chi connectivity index (χ1n) is 6.91. The van der Waals surface area contributed by atoms with Gasteiger partial charge in [-0.3, -0.25) is 0 Å². The Kier molecular flexibility index (Phi) is 5.77. The molecule has 2 nitrogen and oxygen atoms in total. The van der Waals surface area contributed by atoms with Gasteiger partial charge in [0.2, 0.25) is 0 Å². The molecule has 1 fully saturated rings. The summed E-state index contributed by atoms with van der Waals surface area (Å²) in [7, 11) is 0. The zero-order valence-electron chi connectivity index (χ0n) is 11.4. The number of hydrogen-bond acceptors (Lipinski definition) is 2. The van der Waals surface area contributed by atoms with Gasteiger partial charge in [-0.25, -0.2) is 0 Å². The molecule has 96 valence electrons. The second-order valence-electron chi connectivity index (χ2n) is 5.87. The van der Waals surface area contributed by atoms with Crippen LogP contribution in [0.4, 0.5) is 0 Å². The Bertz CT molecular complexity index is 193. The fraction of sp³-hybridized carbons (Fsp3) is 1.00. The molecule has 0 spiro atoms. The minimum Gasteiger partial charge on any atom is -0.376 e. The molecule has 0 heterocycles. The van der Waals surface area contributed by atoms with Crippen LogP contribution in [-0.4, -0.2) is 18.8 Å². The fourth-order valence-electron chi connectivity index (χ4n) is 2.67. The van der Waals surface area contributed by atoms with E-state index in [4.69, 9.17) is 10.5 Å².